The molecular weight excluding hydrogens is 239 g/mol. The average molecular weight is 254 g/mol. The van der Waals surface area contributed by atoms with Crippen LogP contribution in [0.1, 0.15) is 0 Å². The molecule has 0 saturated heterocycles. The first-order valence-electron chi connectivity index (χ1n) is 4.62. The lowest BCUT2D eigenvalue weighted by atomic mass is 10.6. The molecule has 0 bridgehead atoms. The van der Waals surface area contributed by atoms with Crippen LogP contribution in [-0.2, 0) is 22.6 Å². The molecule has 0 radical (unpaired) electrons. The number of imidazole rings is 1. The summed E-state index contributed by atoms with van der Waals surface area (Å²) >= 11 is 12.1. The zero-order chi connectivity index (χ0) is 11.3. The van der Waals surface area contributed by atoms with Crippen LogP contribution in [0.15, 0.2) is 6.33 Å². The van der Waals surface area contributed by atoms with E-state index in [1.807, 2.05) is 15.5 Å². The van der Waals surface area contributed by atoms with E-state index in [-0.39, 0.29) is 0 Å². The van der Waals surface area contributed by atoms with Crippen molar-refractivity contribution in [3.63, 3.8) is 0 Å². The highest BCUT2D eigenvalue weighted by Crippen LogP contribution is 2.17. The molecule has 86 valence electrons. The van der Waals surface area contributed by atoms with Gasteiger partial charge in [-0.1, -0.05) is 0 Å². The minimum absolute atomic E-state index is 0.532. The van der Waals surface area contributed by atoms with Gasteiger partial charge in [-0.05, 0) is 23.2 Å². The van der Waals surface area contributed by atoms with Crippen LogP contribution in [0.4, 0.5) is 0 Å². The van der Waals surface area contributed by atoms with Gasteiger partial charge in [0.05, 0.1) is 13.2 Å². The van der Waals surface area contributed by atoms with E-state index in [0.717, 1.165) is 0 Å². The lowest BCUT2D eigenvalue weighted by molar-refractivity contribution is -0.695. The van der Waals surface area contributed by atoms with Crippen molar-refractivity contribution < 1.29 is 14.0 Å². The number of hydrogen-bond acceptors (Lipinski definition) is 2. The van der Waals surface area contributed by atoms with Gasteiger partial charge in [-0.25, -0.2) is 9.13 Å². The highest BCUT2D eigenvalue weighted by Gasteiger charge is 2.19. The first-order valence-corrected chi connectivity index (χ1v) is 5.37. The fraction of sp³-hybridized carbons (Fsp3) is 0.667. The summed E-state index contributed by atoms with van der Waals surface area (Å²) in [6.45, 7) is 2.59. The SMILES string of the molecule is COCCn1c[n+](CCOC)c(Cl)c1Cl. The van der Waals surface area contributed by atoms with Gasteiger partial charge in [0, 0.05) is 14.2 Å². The Morgan fingerprint density at radius 1 is 1.27 bits per heavy atom. The molecule has 0 atom stereocenters. The second kappa shape index (κ2) is 6.33. The predicted molar refractivity (Wildman–Crippen MR) is 58.4 cm³/mol. The molecule has 1 rings (SSSR count). The molecule has 0 aliphatic carbocycles. The molecule has 4 nitrogen and oxygen atoms in total. The minimum atomic E-state index is 0.532. The van der Waals surface area contributed by atoms with E-state index >= 15 is 0 Å². The molecule has 0 aromatic carbocycles. The molecular formula is C9H15Cl2N2O2+. The molecule has 0 aliphatic heterocycles. The van der Waals surface area contributed by atoms with E-state index in [0.29, 0.717) is 36.6 Å². The van der Waals surface area contributed by atoms with Crippen molar-refractivity contribution in [2.45, 2.75) is 13.1 Å². The molecule has 1 aromatic heterocycles. The fourth-order valence-electron chi connectivity index (χ4n) is 1.20. The number of aromatic nitrogens is 2. The Kier molecular flexibility index (Phi) is 5.39. The van der Waals surface area contributed by atoms with Crippen molar-refractivity contribution in [3.8, 4) is 0 Å². The first kappa shape index (κ1) is 12.8. The van der Waals surface area contributed by atoms with Crippen LogP contribution >= 0.6 is 23.2 Å². The molecule has 0 unspecified atom stereocenters. The number of nitrogens with zero attached hydrogens (tertiary/aromatic N) is 2. The van der Waals surface area contributed by atoms with Crippen molar-refractivity contribution >= 4 is 23.2 Å². The van der Waals surface area contributed by atoms with E-state index in [1.165, 1.54) is 0 Å². The number of ether oxygens (including phenoxy) is 2. The molecule has 0 aliphatic rings. The quantitative estimate of drug-likeness (QED) is 0.717. The van der Waals surface area contributed by atoms with E-state index in [4.69, 9.17) is 32.7 Å². The second-order valence-corrected chi connectivity index (χ2v) is 3.79. The molecule has 0 spiro atoms. The number of hydrogen-bond donors (Lipinski definition) is 0. The monoisotopic (exact) mass is 253 g/mol. The van der Waals surface area contributed by atoms with Crippen molar-refractivity contribution in [2.75, 3.05) is 27.4 Å². The molecule has 15 heavy (non-hydrogen) atoms. The molecule has 1 aromatic rings. The smallest absolute Gasteiger partial charge is 0.255 e. The maximum atomic E-state index is 6.04. The summed E-state index contributed by atoms with van der Waals surface area (Å²) < 4.78 is 13.6. The highest BCUT2D eigenvalue weighted by atomic mass is 35.5. The summed E-state index contributed by atoms with van der Waals surface area (Å²) in [5.74, 6) is 0. The Morgan fingerprint density at radius 3 is 2.53 bits per heavy atom. The van der Waals surface area contributed by atoms with E-state index in [1.54, 1.807) is 14.2 Å². The lowest BCUT2D eigenvalue weighted by Crippen LogP contribution is -2.35. The van der Waals surface area contributed by atoms with Crippen molar-refractivity contribution in [2.24, 2.45) is 0 Å². The molecule has 0 amide bonds. The number of methoxy groups -OCH3 is 2. The van der Waals surface area contributed by atoms with E-state index in [2.05, 4.69) is 0 Å². The van der Waals surface area contributed by atoms with Crippen LogP contribution in [0.2, 0.25) is 10.3 Å². The minimum Gasteiger partial charge on any atom is -0.381 e. The van der Waals surface area contributed by atoms with Gasteiger partial charge in [-0.3, -0.25) is 0 Å². The Bertz CT molecular complexity index is 287. The Hall–Kier alpha value is -0.290. The molecule has 0 saturated carbocycles. The Labute approximate surface area is 99.3 Å². The topological polar surface area (TPSA) is 27.3 Å². The van der Waals surface area contributed by atoms with Gasteiger partial charge in [-0.15, -0.1) is 0 Å². The predicted octanol–water partition coefficient (Wildman–Crippen LogP) is 1.38. The Balaban J connectivity index is 2.72. The van der Waals surface area contributed by atoms with Gasteiger partial charge in [-0.2, -0.15) is 0 Å². The van der Waals surface area contributed by atoms with Gasteiger partial charge in [0.15, 0.2) is 0 Å². The molecule has 1 heterocycles. The maximum Gasteiger partial charge on any atom is 0.255 e. The second-order valence-electron chi connectivity index (χ2n) is 3.07. The average Bonchev–Trinajstić information content (AvgIpc) is 2.51. The Morgan fingerprint density at radius 2 is 1.93 bits per heavy atom. The third-order valence-electron chi connectivity index (χ3n) is 2.03. The standard InChI is InChI=1S/C9H15Cl2N2O2/c1-14-5-3-12-7-13(4-6-15-2)9(11)8(12)10/h7H,3-6H2,1-2H3/q+1. The summed E-state index contributed by atoms with van der Waals surface area (Å²) in [5.41, 5.74) is 0. The van der Waals surface area contributed by atoms with Crippen molar-refractivity contribution in [1.82, 2.24) is 4.57 Å². The summed E-state index contributed by atoms with van der Waals surface area (Å²) in [7, 11) is 3.30. The zero-order valence-electron chi connectivity index (χ0n) is 8.87. The van der Waals surface area contributed by atoms with Crippen LogP contribution < -0.4 is 4.57 Å². The van der Waals surface area contributed by atoms with Gasteiger partial charge < -0.3 is 9.47 Å². The highest BCUT2D eigenvalue weighted by molar-refractivity contribution is 6.39. The van der Waals surface area contributed by atoms with Gasteiger partial charge in [0.1, 0.15) is 13.1 Å². The molecule has 0 fully saturated rings. The molecule has 6 heteroatoms. The third-order valence-corrected chi connectivity index (χ3v) is 2.91. The number of halogens is 2. The molecule has 0 N–H and O–H groups in total. The van der Waals surface area contributed by atoms with E-state index in [9.17, 15) is 0 Å². The third kappa shape index (κ3) is 3.34. The summed E-state index contributed by atoms with van der Waals surface area (Å²) in [4.78, 5) is 0. The van der Waals surface area contributed by atoms with Gasteiger partial charge in [0.2, 0.25) is 6.33 Å². The van der Waals surface area contributed by atoms with Gasteiger partial charge in [0.25, 0.3) is 10.3 Å². The lowest BCUT2D eigenvalue weighted by Gasteiger charge is -1.95. The van der Waals surface area contributed by atoms with Crippen molar-refractivity contribution in [3.05, 3.63) is 16.6 Å². The normalized spacial score (nSPS) is 10.9. The van der Waals surface area contributed by atoms with Crippen LogP contribution in [0, 0.1) is 0 Å². The first-order chi connectivity index (χ1) is 7.20. The van der Waals surface area contributed by atoms with Crippen LogP contribution in [0.3, 0.4) is 0 Å². The van der Waals surface area contributed by atoms with Gasteiger partial charge >= 0.3 is 0 Å². The fourth-order valence-corrected chi connectivity index (χ4v) is 1.67. The summed E-state index contributed by atoms with van der Waals surface area (Å²) in [6, 6.07) is 0. The maximum absolute atomic E-state index is 6.04. The summed E-state index contributed by atoms with van der Waals surface area (Å²) in [5, 5.41) is 1.06. The zero-order valence-corrected chi connectivity index (χ0v) is 10.4. The van der Waals surface area contributed by atoms with Crippen LogP contribution in [-0.4, -0.2) is 32.0 Å². The van der Waals surface area contributed by atoms with Crippen LogP contribution in [0.25, 0.3) is 0 Å². The van der Waals surface area contributed by atoms with Crippen LogP contribution in [0.5, 0.6) is 0 Å². The largest absolute Gasteiger partial charge is 0.381 e. The van der Waals surface area contributed by atoms with E-state index < -0.39 is 0 Å². The van der Waals surface area contributed by atoms with Crippen molar-refractivity contribution in [1.29, 1.82) is 0 Å². The number of rotatable bonds is 6. The summed E-state index contributed by atoms with van der Waals surface area (Å²) in [6.07, 6.45) is 1.86.